The largest absolute Gasteiger partial charge is 0.333 e. The van der Waals surface area contributed by atoms with Crippen molar-refractivity contribution in [2.45, 2.75) is 38.5 Å². The van der Waals surface area contributed by atoms with Crippen LogP contribution in [0, 0.1) is 0 Å². The fourth-order valence-electron chi connectivity index (χ4n) is 1.36. The van der Waals surface area contributed by atoms with Gasteiger partial charge in [-0.1, -0.05) is 6.08 Å². The molecule has 0 spiro atoms. The Kier molecular flexibility index (Phi) is 4.69. The Bertz CT molecular complexity index is 295. The van der Waals surface area contributed by atoms with E-state index in [1.54, 1.807) is 6.08 Å². The van der Waals surface area contributed by atoms with Crippen molar-refractivity contribution in [3.8, 4) is 0 Å². The summed E-state index contributed by atoms with van der Waals surface area (Å²) in [6, 6.07) is 0. The molecule has 1 fully saturated rings. The summed E-state index contributed by atoms with van der Waals surface area (Å²) in [7, 11) is 0. The van der Waals surface area contributed by atoms with Crippen molar-refractivity contribution >= 4 is 17.8 Å². The molecule has 0 aliphatic carbocycles. The summed E-state index contributed by atoms with van der Waals surface area (Å²) in [5, 5.41) is 0.579. The second-order valence-electron chi connectivity index (χ2n) is 3.58. The number of hydroxylamine groups is 2. The van der Waals surface area contributed by atoms with Crippen LogP contribution in [-0.2, 0) is 19.2 Å². The first-order valence-electron chi connectivity index (χ1n) is 5.32. The Hall–Kier alpha value is -1.65. The number of hydrogen-bond donors (Lipinski definition) is 0. The Morgan fingerprint density at radius 2 is 1.94 bits per heavy atom. The van der Waals surface area contributed by atoms with Gasteiger partial charge in [-0.05, 0) is 19.3 Å². The minimum atomic E-state index is -0.535. The molecular weight excluding hydrogens is 210 g/mol. The molecule has 0 atom stereocenters. The number of carbonyl (C=O) groups excluding carboxylic acids is 3. The van der Waals surface area contributed by atoms with Gasteiger partial charge >= 0.3 is 5.97 Å². The molecule has 0 saturated carbocycles. The van der Waals surface area contributed by atoms with Crippen LogP contribution in [0.3, 0.4) is 0 Å². The van der Waals surface area contributed by atoms with E-state index in [9.17, 15) is 14.4 Å². The number of nitrogens with zero attached hydrogens (tertiary/aromatic N) is 1. The average molecular weight is 225 g/mol. The van der Waals surface area contributed by atoms with Gasteiger partial charge in [-0.2, -0.15) is 0 Å². The molecule has 1 aliphatic rings. The maximum absolute atomic E-state index is 11.3. The molecule has 0 aromatic carbocycles. The van der Waals surface area contributed by atoms with Crippen molar-refractivity contribution in [1.29, 1.82) is 0 Å². The van der Waals surface area contributed by atoms with E-state index in [-0.39, 0.29) is 19.3 Å². The van der Waals surface area contributed by atoms with Gasteiger partial charge in [0.05, 0.1) is 0 Å². The number of hydrogen-bond acceptors (Lipinski definition) is 4. The monoisotopic (exact) mass is 225 g/mol. The summed E-state index contributed by atoms with van der Waals surface area (Å²) in [6.07, 6.45) is 4.60. The molecule has 5 heteroatoms. The number of amides is 2. The van der Waals surface area contributed by atoms with Gasteiger partial charge in [0, 0.05) is 19.3 Å². The van der Waals surface area contributed by atoms with Crippen LogP contribution in [0.1, 0.15) is 38.5 Å². The van der Waals surface area contributed by atoms with Crippen LogP contribution in [0.4, 0.5) is 0 Å². The quantitative estimate of drug-likeness (QED) is 0.389. The van der Waals surface area contributed by atoms with Crippen molar-refractivity contribution < 1.29 is 19.2 Å². The van der Waals surface area contributed by atoms with Gasteiger partial charge in [-0.3, -0.25) is 9.59 Å². The lowest BCUT2D eigenvalue weighted by Gasteiger charge is -2.12. The minimum absolute atomic E-state index is 0.128. The first-order valence-corrected chi connectivity index (χ1v) is 5.32. The molecule has 0 unspecified atom stereocenters. The van der Waals surface area contributed by atoms with E-state index in [2.05, 4.69) is 11.4 Å². The third kappa shape index (κ3) is 3.49. The molecule has 1 aliphatic heterocycles. The predicted molar refractivity (Wildman–Crippen MR) is 55.8 cm³/mol. The SMILES string of the molecule is C=CCCCCC(=O)ON1C(=O)CCC1=O. The highest BCUT2D eigenvalue weighted by molar-refractivity contribution is 6.01. The van der Waals surface area contributed by atoms with Gasteiger partial charge in [0.1, 0.15) is 0 Å². The Balaban J connectivity index is 2.25. The zero-order chi connectivity index (χ0) is 12.0. The zero-order valence-electron chi connectivity index (χ0n) is 9.11. The van der Waals surface area contributed by atoms with Gasteiger partial charge in [-0.25, -0.2) is 4.79 Å². The van der Waals surface area contributed by atoms with Crippen LogP contribution >= 0.6 is 0 Å². The zero-order valence-corrected chi connectivity index (χ0v) is 9.11. The number of imide groups is 1. The highest BCUT2D eigenvalue weighted by Gasteiger charge is 2.32. The second-order valence-corrected chi connectivity index (χ2v) is 3.58. The third-order valence-electron chi connectivity index (χ3n) is 2.24. The predicted octanol–water partition coefficient (Wildman–Crippen LogP) is 1.34. The number of rotatable bonds is 6. The lowest BCUT2D eigenvalue weighted by Crippen LogP contribution is -2.31. The second kappa shape index (κ2) is 6.05. The van der Waals surface area contributed by atoms with E-state index in [1.165, 1.54) is 0 Å². The van der Waals surface area contributed by atoms with Crippen LogP contribution in [0.5, 0.6) is 0 Å². The van der Waals surface area contributed by atoms with E-state index in [1.807, 2.05) is 0 Å². The number of unbranched alkanes of at least 4 members (excludes halogenated alkanes) is 2. The topological polar surface area (TPSA) is 63.7 Å². The molecule has 0 aromatic rings. The molecule has 0 aromatic heterocycles. The van der Waals surface area contributed by atoms with Crippen molar-refractivity contribution in [1.82, 2.24) is 5.06 Å². The summed E-state index contributed by atoms with van der Waals surface area (Å²) >= 11 is 0. The van der Waals surface area contributed by atoms with Crippen LogP contribution in [0.2, 0.25) is 0 Å². The maximum Gasteiger partial charge on any atom is 0.333 e. The van der Waals surface area contributed by atoms with Gasteiger partial charge < -0.3 is 4.84 Å². The fourth-order valence-corrected chi connectivity index (χ4v) is 1.36. The van der Waals surface area contributed by atoms with Crippen molar-refractivity contribution in [3.05, 3.63) is 12.7 Å². The Labute approximate surface area is 94.0 Å². The van der Waals surface area contributed by atoms with Crippen LogP contribution < -0.4 is 0 Å². The molecule has 0 radical (unpaired) electrons. The van der Waals surface area contributed by atoms with Gasteiger partial charge in [0.2, 0.25) is 0 Å². The summed E-state index contributed by atoms with van der Waals surface area (Å²) in [5.74, 6) is -1.42. The number of carbonyl (C=O) groups is 3. The first-order chi connectivity index (χ1) is 7.65. The molecule has 16 heavy (non-hydrogen) atoms. The van der Waals surface area contributed by atoms with E-state index in [0.29, 0.717) is 11.5 Å². The third-order valence-corrected chi connectivity index (χ3v) is 2.24. The highest BCUT2D eigenvalue weighted by Crippen LogP contribution is 2.13. The van der Waals surface area contributed by atoms with Gasteiger partial charge in [0.15, 0.2) is 0 Å². The molecule has 1 heterocycles. The molecule has 88 valence electrons. The van der Waals surface area contributed by atoms with Crippen LogP contribution in [0.25, 0.3) is 0 Å². The summed E-state index contributed by atoms with van der Waals surface area (Å²) in [6.45, 7) is 3.57. The fraction of sp³-hybridized carbons (Fsp3) is 0.545. The Morgan fingerprint density at radius 3 is 2.50 bits per heavy atom. The first kappa shape index (κ1) is 12.4. The van der Waals surface area contributed by atoms with E-state index in [4.69, 9.17) is 0 Å². The van der Waals surface area contributed by atoms with Crippen molar-refractivity contribution in [3.63, 3.8) is 0 Å². The molecule has 2 amide bonds. The molecule has 1 rings (SSSR count). The normalized spacial score (nSPS) is 15.4. The summed E-state index contributed by atoms with van der Waals surface area (Å²) < 4.78 is 0. The standard InChI is InChI=1S/C11H15NO4/c1-2-3-4-5-6-11(15)16-12-9(13)7-8-10(12)14/h2H,1,3-8H2. The highest BCUT2D eigenvalue weighted by atomic mass is 16.7. The molecule has 0 N–H and O–H groups in total. The van der Waals surface area contributed by atoms with E-state index < -0.39 is 17.8 Å². The van der Waals surface area contributed by atoms with Crippen molar-refractivity contribution in [2.75, 3.05) is 0 Å². The number of allylic oxidation sites excluding steroid dienone is 1. The maximum atomic E-state index is 11.3. The Morgan fingerprint density at radius 1 is 1.31 bits per heavy atom. The lowest BCUT2D eigenvalue weighted by molar-refractivity contribution is -0.197. The van der Waals surface area contributed by atoms with E-state index in [0.717, 1.165) is 12.8 Å². The smallest absolute Gasteiger partial charge is 0.330 e. The van der Waals surface area contributed by atoms with Crippen LogP contribution in [0.15, 0.2) is 12.7 Å². The molecular formula is C11H15NO4. The summed E-state index contributed by atoms with van der Waals surface area (Å²) in [4.78, 5) is 38.2. The molecule has 5 nitrogen and oxygen atoms in total. The van der Waals surface area contributed by atoms with Gasteiger partial charge in [-0.15, -0.1) is 11.6 Å². The summed E-state index contributed by atoms with van der Waals surface area (Å²) in [5.41, 5.74) is 0. The van der Waals surface area contributed by atoms with Crippen molar-refractivity contribution in [2.24, 2.45) is 0 Å². The lowest BCUT2D eigenvalue weighted by atomic mass is 10.2. The molecule has 1 saturated heterocycles. The van der Waals surface area contributed by atoms with Crippen LogP contribution in [-0.4, -0.2) is 22.8 Å². The van der Waals surface area contributed by atoms with E-state index >= 15 is 0 Å². The van der Waals surface area contributed by atoms with Gasteiger partial charge in [0.25, 0.3) is 11.8 Å². The average Bonchev–Trinajstić information content (AvgIpc) is 2.56. The minimum Gasteiger partial charge on any atom is -0.330 e. The molecule has 0 bridgehead atoms.